The summed E-state index contributed by atoms with van der Waals surface area (Å²) in [7, 11) is 2.82. The summed E-state index contributed by atoms with van der Waals surface area (Å²) in [5.74, 6) is 0.103. The lowest BCUT2D eigenvalue weighted by Crippen LogP contribution is -2.60. The number of hydrogen-bond donors (Lipinski definition) is 7. The van der Waals surface area contributed by atoms with Crippen molar-refractivity contribution >= 4 is 0 Å². The third kappa shape index (κ3) is 5.26. The first-order chi connectivity index (χ1) is 18.2. The maximum Gasteiger partial charge on any atom is 0.229 e. The number of rotatable bonds is 9. The highest BCUT2D eigenvalue weighted by atomic mass is 16.7. The molecule has 0 radical (unpaired) electrons. The predicted molar refractivity (Wildman–Crippen MR) is 130 cm³/mol. The van der Waals surface area contributed by atoms with Crippen LogP contribution in [0.5, 0.6) is 23.0 Å². The third-order valence-corrected chi connectivity index (χ3v) is 7.19. The van der Waals surface area contributed by atoms with E-state index < -0.39 is 61.5 Å². The first kappa shape index (κ1) is 28.3. The van der Waals surface area contributed by atoms with E-state index >= 15 is 0 Å². The molecule has 12 heteroatoms. The van der Waals surface area contributed by atoms with E-state index in [4.69, 9.17) is 23.7 Å². The lowest BCUT2D eigenvalue weighted by Gasteiger charge is -2.39. The van der Waals surface area contributed by atoms with Crippen LogP contribution in [0, 0.1) is 5.92 Å². The summed E-state index contributed by atoms with van der Waals surface area (Å²) in [6.45, 7) is -1.01. The Morgan fingerprint density at radius 2 is 1.66 bits per heavy atom. The summed E-state index contributed by atoms with van der Waals surface area (Å²) in [6.07, 6.45) is -7.73. The van der Waals surface area contributed by atoms with E-state index in [9.17, 15) is 35.7 Å². The number of methoxy groups -OCH3 is 2. The SMILES string of the molecule is COc1cc([C@@H]2OC[C@H](Cc3ccc(O[C@@H]4O[C@@H](CO)[C@@H](O)[C@H](O)[C@@H]4O)c(OC)c3)[C@]2(O)CO)ccc1O. The van der Waals surface area contributed by atoms with Gasteiger partial charge in [0.25, 0.3) is 0 Å². The number of phenolic OH excluding ortho intramolecular Hbond substituents is 1. The Bertz CT molecular complexity index is 1090. The fraction of sp³-hybridized carbons (Fsp3) is 0.538. The largest absolute Gasteiger partial charge is 0.504 e. The van der Waals surface area contributed by atoms with E-state index in [1.54, 1.807) is 30.3 Å². The van der Waals surface area contributed by atoms with Gasteiger partial charge in [0, 0.05) is 5.92 Å². The summed E-state index contributed by atoms with van der Waals surface area (Å²) in [6, 6.07) is 9.51. The minimum absolute atomic E-state index is 0.0588. The van der Waals surface area contributed by atoms with Crippen LogP contribution in [0.2, 0.25) is 0 Å². The van der Waals surface area contributed by atoms with Crippen molar-refractivity contribution in [3.8, 4) is 23.0 Å². The summed E-state index contributed by atoms with van der Waals surface area (Å²) in [5.41, 5.74) is -0.354. The fourth-order valence-electron chi connectivity index (χ4n) is 4.92. The van der Waals surface area contributed by atoms with Crippen molar-refractivity contribution in [3.05, 3.63) is 47.5 Å². The number of benzene rings is 2. The Morgan fingerprint density at radius 1 is 0.921 bits per heavy atom. The second-order valence-electron chi connectivity index (χ2n) is 9.50. The van der Waals surface area contributed by atoms with Gasteiger partial charge in [0.05, 0.1) is 34.0 Å². The van der Waals surface area contributed by atoms with Crippen LogP contribution < -0.4 is 14.2 Å². The van der Waals surface area contributed by atoms with Crippen LogP contribution in [0.3, 0.4) is 0 Å². The van der Waals surface area contributed by atoms with Crippen LogP contribution in [0.4, 0.5) is 0 Å². The van der Waals surface area contributed by atoms with Crippen molar-refractivity contribution in [1.82, 2.24) is 0 Å². The molecule has 12 nitrogen and oxygen atoms in total. The molecule has 0 bridgehead atoms. The number of aliphatic hydroxyl groups is 6. The average Bonchev–Trinajstić information content (AvgIpc) is 3.25. The number of hydrogen-bond acceptors (Lipinski definition) is 12. The van der Waals surface area contributed by atoms with Gasteiger partial charge in [-0.1, -0.05) is 12.1 Å². The molecular formula is C26H34O12. The molecule has 4 rings (SSSR count). The van der Waals surface area contributed by atoms with E-state index in [0.29, 0.717) is 12.0 Å². The molecule has 2 aromatic carbocycles. The molecule has 0 spiro atoms. The topological polar surface area (TPSA) is 188 Å². The minimum Gasteiger partial charge on any atom is -0.504 e. The van der Waals surface area contributed by atoms with Crippen LogP contribution >= 0.6 is 0 Å². The van der Waals surface area contributed by atoms with Crippen molar-refractivity contribution < 1.29 is 59.4 Å². The molecule has 2 aliphatic rings. The van der Waals surface area contributed by atoms with Gasteiger partial charge in [-0.2, -0.15) is 0 Å². The second-order valence-corrected chi connectivity index (χ2v) is 9.50. The highest BCUT2D eigenvalue weighted by molar-refractivity contribution is 5.45. The smallest absolute Gasteiger partial charge is 0.229 e. The lowest BCUT2D eigenvalue weighted by molar-refractivity contribution is -0.277. The molecule has 0 amide bonds. The zero-order valence-corrected chi connectivity index (χ0v) is 21.0. The minimum atomic E-state index is -1.62. The molecule has 210 valence electrons. The highest BCUT2D eigenvalue weighted by Gasteiger charge is 2.51. The summed E-state index contributed by atoms with van der Waals surface area (Å²) in [5, 5.41) is 71.2. The van der Waals surface area contributed by atoms with Gasteiger partial charge in [0.2, 0.25) is 6.29 Å². The summed E-state index contributed by atoms with van der Waals surface area (Å²) in [4.78, 5) is 0. The first-order valence-electron chi connectivity index (χ1n) is 12.1. The Labute approximate surface area is 219 Å². The van der Waals surface area contributed by atoms with Gasteiger partial charge in [-0.3, -0.25) is 0 Å². The quantitative estimate of drug-likeness (QED) is 0.212. The zero-order valence-electron chi connectivity index (χ0n) is 21.0. The van der Waals surface area contributed by atoms with Crippen LogP contribution in [0.25, 0.3) is 0 Å². The van der Waals surface area contributed by atoms with Crippen LogP contribution in [-0.4, -0.2) is 106 Å². The molecular weight excluding hydrogens is 504 g/mol. The Balaban J connectivity index is 1.51. The van der Waals surface area contributed by atoms with Gasteiger partial charge < -0.3 is 59.4 Å². The first-order valence-corrected chi connectivity index (χ1v) is 12.1. The van der Waals surface area contributed by atoms with Gasteiger partial charge in [-0.15, -0.1) is 0 Å². The Kier molecular flexibility index (Phi) is 8.65. The number of aliphatic hydroxyl groups excluding tert-OH is 5. The maximum absolute atomic E-state index is 11.4. The van der Waals surface area contributed by atoms with E-state index in [1.165, 1.54) is 20.3 Å². The molecule has 2 aliphatic heterocycles. The maximum atomic E-state index is 11.4. The Hall–Kier alpha value is -2.68. The molecule has 8 atom stereocenters. The third-order valence-electron chi connectivity index (χ3n) is 7.19. The molecule has 2 aromatic rings. The van der Waals surface area contributed by atoms with Crippen LogP contribution in [0.15, 0.2) is 36.4 Å². The molecule has 0 aliphatic carbocycles. The number of phenols is 1. The van der Waals surface area contributed by atoms with Crippen molar-refractivity contribution in [3.63, 3.8) is 0 Å². The van der Waals surface area contributed by atoms with E-state index in [2.05, 4.69) is 0 Å². The highest BCUT2D eigenvalue weighted by Crippen LogP contribution is 2.45. The van der Waals surface area contributed by atoms with E-state index in [0.717, 1.165) is 5.56 Å². The molecule has 2 fully saturated rings. The summed E-state index contributed by atoms with van der Waals surface area (Å²) < 4.78 is 27.6. The normalized spacial score (nSPS) is 33.2. The molecule has 2 saturated heterocycles. The molecule has 0 aromatic heterocycles. The monoisotopic (exact) mass is 538 g/mol. The Morgan fingerprint density at radius 3 is 2.32 bits per heavy atom. The van der Waals surface area contributed by atoms with Crippen LogP contribution in [0.1, 0.15) is 17.2 Å². The molecule has 7 N–H and O–H groups in total. The molecule has 2 heterocycles. The van der Waals surface area contributed by atoms with Gasteiger partial charge in [0.15, 0.2) is 23.0 Å². The van der Waals surface area contributed by atoms with E-state index in [-0.39, 0.29) is 29.6 Å². The number of ether oxygens (including phenoxy) is 5. The van der Waals surface area contributed by atoms with Gasteiger partial charge in [-0.25, -0.2) is 0 Å². The molecule has 0 saturated carbocycles. The number of aromatic hydroxyl groups is 1. The van der Waals surface area contributed by atoms with Gasteiger partial charge >= 0.3 is 0 Å². The average molecular weight is 539 g/mol. The van der Waals surface area contributed by atoms with Crippen molar-refractivity contribution in [2.45, 2.75) is 48.8 Å². The van der Waals surface area contributed by atoms with Crippen LogP contribution in [-0.2, 0) is 15.9 Å². The molecule has 38 heavy (non-hydrogen) atoms. The second kappa shape index (κ2) is 11.6. The van der Waals surface area contributed by atoms with Crippen molar-refractivity contribution in [2.75, 3.05) is 34.0 Å². The van der Waals surface area contributed by atoms with Crippen molar-refractivity contribution in [1.29, 1.82) is 0 Å². The standard InChI is InChI=1S/C26H34O12/c1-34-18-9-14(4-5-16(18)29)24-26(33,12-28)15(11-36-24)7-13-3-6-17(19(8-13)35-2)37-25-23(32)22(31)21(30)20(10-27)38-25/h3-6,8-9,15,20-25,27-33H,7,10-12H2,1-2H3/t15-,20-,21+,22-,23-,24-,25+,26+/m0/s1. The van der Waals surface area contributed by atoms with Crippen molar-refractivity contribution in [2.24, 2.45) is 5.92 Å². The zero-order chi connectivity index (χ0) is 27.6. The molecule has 0 unspecified atom stereocenters. The van der Waals surface area contributed by atoms with E-state index in [1.807, 2.05) is 0 Å². The lowest BCUT2D eigenvalue weighted by atomic mass is 9.80. The van der Waals surface area contributed by atoms with Gasteiger partial charge in [0.1, 0.15) is 36.1 Å². The fourth-order valence-corrected chi connectivity index (χ4v) is 4.92. The summed E-state index contributed by atoms with van der Waals surface area (Å²) >= 11 is 0. The van der Waals surface area contributed by atoms with Gasteiger partial charge in [-0.05, 0) is 41.8 Å². The predicted octanol–water partition coefficient (Wildman–Crippen LogP) is -0.758.